The third kappa shape index (κ3) is 6.03. The van der Waals surface area contributed by atoms with E-state index in [1.807, 2.05) is 10.8 Å². The summed E-state index contributed by atoms with van der Waals surface area (Å²) >= 11 is 0. The summed E-state index contributed by atoms with van der Waals surface area (Å²) in [5, 5.41) is 12.6. The Balaban J connectivity index is 2.04. The number of ether oxygens (including phenoxy) is 1. The second-order valence-electron chi connectivity index (χ2n) is 3.67. The number of carbonyl (C=O) groups is 1. The van der Waals surface area contributed by atoms with E-state index in [-0.39, 0.29) is 12.4 Å². The number of carbonyl (C=O) groups excluding carboxylic acids is 1. The molecule has 1 heterocycles. The molecule has 96 valence electrons. The number of esters is 1. The number of hydrogen-bond acceptors (Lipinski definition) is 5. The number of imidazole rings is 1. The van der Waals surface area contributed by atoms with Gasteiger partial charge in [-0.1, -0.05) is 0 Å². The Morgan fingerprint density at radius 1 is 1.65 bits per heavy atom. The molecule has 0 aliphatic carbocycles. The van der Waals surface area contributed by atoms with Crippen LogP contribution in [0.5, 0.6) is 0 Å². The van der Waals surface area contributed by atoms with Crippen LogP contribution >= 0.6 is 0 Å². The zero-order chi connectivity index (χ0) is 12.5. The van der Waals surface area contributed by atoms with Crippen molar-refractivity contribution < 1.29 is 14.6 Å². The lowest BCUT2D eigenvalue weighted by molar-refractivity contribution is -0.145. The molecule has 1 aromatic heterocycles. The molecule has 0 aromatic carbocycles. The Kier molecular flexibility index (Phi) is 6.27. The standard InChI is InChI=1S/C11H19N3O3/c1-2-17-11(16)7-10(15)8-12-3-5-14-6-4-13-9-14/h4,6,9-10,12,15H,2-3,5,7-8H2,1H3. The Labute approximate surface area is 101 Å². The van der Waals surface area contributed by atoms with Crippen LogP contribution in [0.4, 0.5) is 0 Å². The summed E-state index contributed by atoms with van der Waals surface area (Å²) in [7, 11) is 0. The normalized spacial score (nSPS) is 12.4. The minimum atomic E-state index is -0.697. The maximum atomic E-state index is 11.1. The molecule has 0 saturated carbocycles. The molecule has 0 fully saturated rings. The molecule has 1 atom stereocenters. The van der Waals surface area contributed by atoms with Crippen LogP contribution in [0.15, 0.2) is 18.7 Å². The summed E-state index contributed by atoms with van der Waals surface area (Å²) in [5.41, 5.74) is 0. The first kappa shape index (κ1) is 13.7. The lowest BCUT2D eigenvalue weighted by Gasteiger charge is -2.11. The SMILES string of the molecule is CCOC(=O)CC(O)CNCCn1ccnc1. The van der Waals surface area contributed by atoms with E-state index in [1.165, 1.54) is 0 Å². The smallest absolute Gasteiger partial charge is 0.308 e. The average Bonchev–Trinajstić information content (AvgIpc) is 2.77. The van der Waals surface area contributed by atoms with Gasteiger partial charge in [0.05, 0.1) is 25.5 Å². The van der Waals surface area contributed by atoms with Crippen LogP contribution in [0.3, 0.4) is 0 Å². The van der Waals surface area contributed by atoms with Crippen molar-refractivity contribution in [3.8, 4) is 0 Å². The first-order chi connectivity index (χ1) is 8.22. The molecular formula is C11H19N3O3. The number of aromatic nitrogens is 2. The number of nitrogens with zero attached hydrogens (tertiary/aromatic N) is 2. The molecule has 0 bridgehead atoms. The van der Waals surface area contributed by atoms with Gasteiger partial charge in [-0.15, -0.1) is 0 Å². The molecule has 1 aromatic rings. The molecule has 17 heavy (non-hydrogen) atoms. The predicted octanol–water partition coefficient (Wildman–Crippen LogP) is -0.213. The number of rotatable bonds is 8. The molecular weight excluding hydrogens is 222 g/mol. The van der Waals surface area contributed by atoms with Crippen molar-refractivity contribution >= 4 is 5.97 Å². The fraction of sp³-hybridized carbons (Fsp3) is 0.636. The van der Waals surface area contributed by atoms with Gasteiger partial charge in [-0.05, 0) is 6.92 Å². The van der Waals surface area contributed by atoms with Crippen molar-refractivity contribution in [2.24, 2.45) is 0 Å². The summed E-state index contributed by atoms with van der Waals surface area (Å²) in [6.45, 7) is 3.98. The highest BCUT2D eigenvalue weighted by molar-refractivity contribution is 5.69. The quantitative estimate of drug-likeness (QED) is 0.486. The van der Waals surface area contributed by atoms with Crippen LogP contribution in [-0.2, 0) is 16.1 Å². The lowest BCUT2D eigenvalue weighted by atomic mass is 10.2. The van der Waals surface area contributed by atoms with Crippen molar-refractivity contribution in [3.05, 3.63) is 18.7 Å². The predicted molar refractivity (Wildman–Crippen MR) is 62.4 cm³/mol. The van der Waals surface area contributed by atoms with Crippen molar-refractivity contribution in [2.45, 2.75) is 26.0 Å². The summed E-state index contributed by atoms with van der Waals surface area (Å²) in [6, 6.07) is 0. The minimum Gasteiger partial charge on any atom is -0.466 e. The van der Waals surface area contributed by atoms with Crippen LogP contribution in [0.1, 0.15) is 13.3 Å². The zero-order valence-electron chi connectivity index (χ0n) is 10.0. The monoisotopic (exact) mass is 241 g/mol. The van der Waals surface area contributed by atoms with E-state index >= 15 is 0 Å². The molecule has 0 saturated heterocycles. The fourth-order valence-corrected chi connectivity index (χ4v) is 1.38. The van der Waals surface area contributed by atoms with Crippen LogP contribution in [0.25, 0.3) is 0 Å². The highest BCUT2D eigenvalue weighted by atomic mass is 16.5. The lowest BCUT2D eigenvalue weighted by Crippen LogP contribution is -2.31. The van der Waals surface area contributed by atoms with Crippen molar-refractivity contribution in [3.63, 3.8) is 0 Å². The molecule has 6 heteroatoms. The van der Waals surface area contributed by atoms with Gasteiger partial charge < -0.3 is 19.7 Å². The van der Waals surface area contributed by atoms with Gasteiger partial charge in [0.15, 0.2) is 0 Å². The van der Waals surface area contributed by atoms with Crippen LogP contribution in [0.2, 0.25) is 0 Å². The third-order valence-corrected chi connectivity index (χ3v) is 2.19. The largest absolute Gasteiger partial charge is 0.466 e. The molecule has 0 radical (unpaired) electrons. The van der Waals surface area contributed by atoms with E-state index in [9.17, 15) is 9.90 Å². The number of nitrogens with one attached hydrogen (secondary N) is 1. The van der Waals surface area contributed by atoms with Gasteiger partial charge >= 0.3 is 5.97 Å². The first-order valence-electron chi connectivity index (χ1n) is 5.72. The highest BCUT2D eigenvalue weighted by Gasteiger charge is 2.10. The minimum absolute atomic E-state index is 0.0336. The number of hydrogen-bond donors (Lipinski definition) is 2. The van der Waals surface area contributed by atoms with E-state index < -0.39 is 6.10 Å². The molecule has 0 amide bonds. The van der Waals surface area contributed by atoms with Crippen molar-refractivity contribution in [1.29, 1.82) is 0 Å². The maximum Gasteiger partial charge on any atom is 0.308 e. The van der Waals surface area contributed by atoms with E-state index in [4.69, 9.17) is 4.74 Å². The summed E-state index contributed by atoms with van der Waals surface area (Å²) in [5.74, 6) is -0.364. The second-order valence-corrected chi connectivity index (χ2v) is 3.67. The molecule has 1 unspecified atom stereocenters. The first-order valence-corrected chi connectivity index (χ1v) is 5.72. The summed E-state index contributed by atoms with van der Waals surface area (Å²) < 4.78 is 6.67. The number of aliphatic hydroxyl groups is 1. The zero-order valence-corrected chi connectivity index (χ0v) is 10.0. The van der Waals surface area contributed by atoms with Crippen molar-refractivity contribution in [2.75, 3.05) is 19.7 Å². The van der Waals surface area contributed by atoms with E-state index in [2.05, 4.69) is 10.3 Å². The average molecular weight is 241 g/mol. The van der Waals surface area contributed by atoms with Gasteiger partial charge in [-0.2, -0.15) is 0 Å². The van der Waals surface area contributed by atoms with E-state index in [0.717, 1.165) is 13.1 Å². The Morgan fingerprint density at radius 2 is 2.47 bits per heavy atom. The fourth-order valence-electron chi connectivity index (χ4n) is 1.38. The van der Waals surface area contributed by atoms with Crippen LogP contribution in [-0.4, -0.2) is 46.4 Å². The molecule has 0 aliphatic heterocycles. The molecule has 2 N–H and O–H groups in total. The van der Waals surface area contributed by atoms with E-state index in [1.54, 1.807) is 19.4 Å². The molecule has 1 rings (SSSR count). The van der Waals surface area contributed by atoms with Crippen LogP contribution in [0, 0.1) is 0 Å². The van der Waals surface area contributed by atoms with E-state index in [0.29, 0.717) is 13.2 Å². The third-order valence-electron chi connectivity index (χ3n) is 2.19. The Hall–Kier alpha value is -1.40. The summed E-state index contributed by atoms with van der Waals surface area (Å²) in [6.07, 6.45) is 4.66. The second kappa shape index (κ2) is 7.81. The van der Waals surface area contributed by atoms with Gasteiger partial charge in [0.25, 0.3) is 0 Å². The molecule has 0 spiro atoms. The van der Waals surface area contributed by atoms with Gasteiger partial charge in [0, 0.05) is 32.0 Å². The van der Waals surface area contributed by atoms with Crippen molar-refractivity contribution in [1.82, 2.24) is 14.9 Å². The number of aliphatic hydroxyl groups excluding tert-OH is 1. The van der Waals surface area contributed by atoms with Gasteiger partial charge in [-0.25, -0.2) is 4.98 Å². The van der Waals surface area contributed by atoms with Gasteiger partial charge in [-0.3, -0.25) is 4.79 Å². The highest BCUT2D eigenvalue weighted by Crippen LogP contribution is 1.93. The maximum absolute atomic E-state index is 11.1. The molecule has 6 nitrogen and oxygen atoms in total. The van der Waals surface area contributed by atoms with Gasteiger partial charge in [0.1, 0.15) is 0 Å². The Morgan fingerprint density at radius 3 is 3.12 bits per heavy atom. The van der Waals surface area contributed by atoms with Gasteiger partial charge in [0.2, 0.25) is 0 Å². The topological polar surface area (TPSA) is 76.4 Å². The Bertz CT molecular complexity index is 314. The molecule has 0 aliphatic rings. The van der Waals surface area contributed by atoms with Crippen LogP contribution < -0.4 is 5.32 Å². The summed E-state index contributed by atoms with van der Waals surface area (Å²) in [4.78, 5) is 15.0.